The lowest BCUT2D eigenvalue weighted by Crippen LogP contribution is -2.29. The maximum absolute atomic E-state index is 13.7. The van der Waals surface area contributed by atoms with Gasteiger partial charge in [-0.25, -0.2) is 17.6 Å². The SMILES string of the molecule is Cc1ccc(S(=O)(=O)N2CCc3cc(C(=O)O)ccc32)cc1F. The van der Waals surface area contributed by atoms with E-state index >= 15 is 0 Å². The molecule has 0 aromatic heterocycles. The smallest absolute Gasteiger partial charge is 0.335 e. The second kappa shape index (κ2) is 5.34. The number of aromatic carboxylic acids is 1. The summed E-state index contributed by atoms with van der Waals surface area (Å²) < 4.78 is 40.3. The number of benzene rings is 2. The zero-order valence-electron chi connectivity index (χ0n) is 12.3. The Morgan fingerprint density at radius 3 is 2.61 bits per heavy atom. The molecule has 1 heterocycles. The van der Waals surface area contributed by atoms with E-state index in [9.17, 15) is 17.6 Å². The average molecular weight is 335 g/mol. The number of carboxylic acids is 1. The second-order valence-corrected chi connectivity index (χ2v) is 7.25. The third-order valence-corrected chi connectivity index (χ3v) is 5.72. The molecule has 7 heteroatoms. The highest BCUT2D eigenvalue weighted by molar-refractivity contribution is 7.92. The minimum absolute atomic E-state index is 0.115. The summed E-state index contributed by atoms with van der Waals surface area (Å²) in [5.41, 5.74) is 1.58. The zero-order valence-corrected chi connectivity index (χ0v) is 13.1. The van der Waals surface area contributed by atoms with E-state index in [1.165, 1.54) is 34.6 Å². The van der Waals surface area contributed by atoms with Gasteiger partial charge in [0.25, 0.3) is 10.0 Å². The summed E-state index contributed by atoms with van der Waals surface area (Å²) in [5.74, 6) is -1.64. The molecule has 0 aliphatic carbocycles. The van der Waals surface area contributed by atoms with Crippen molar-refractivity contribution in [2.75, 3.05) is 10.8 Å². The van der Waals surface area contributed by atoms with Crippen molar-refractivity contribution in [1.82, 2.24) is 0 Å². The van der Waals surface area contributed by atoms with Crippen molar-refractivity contribution < 1.29 is 22.7 Å². The molecule has 2 aromatic carbocycles. The minimum atomic E-state index is -3.88. The van der Waals surface area contributed by atoms with E-state index in [4.69, 9.17) is 5.11 Å². The maximum Gasteiger partial charge on any atom is 0.335 e. The van der Waals surface area contributed by atoms with Gasteiger partial charge in [0.1, 0.15) is 5.82 Å². The van der Waals surface area contributed by atoms with Crippen LogP contribution in [-0.2, 0) is 16.4 Å². The predicted molar refractivity (Wildman–Crippen MR) is 82.8 cm³/mol. The largest absolute Gasteiger partial charge is 0.478 e. The van der Waals surface area contributed by atoms with Gasteiger partial charge in [-0.2, -0.15) is 0 Å². The Balaban J connectivity index is 2.04. The summed E-state index contributed by atoms with van der Waals surface area (Å²) in [6, 6.07) is 8.12. The fourth-order valence-corrected chi connectivity index (χ4v) is 4.13. The summed E-state index contributed by atoms with van der Waals surface area (Å²) in [6.07, 6.45) is 0.421. The molecule has 1 aliphatic heterocycles. The van der Waals surface area contributed by atoms with E-state index < -0.39 is 21.8 Å². The molecular weight excluding hydrogens is 321 g/mol. The van der Waals surface area contributed by atoms with Gasteiger partial charge in [0.2, 0.25) is 0 Å². The monoisotopic (exact) mass is 335 g/mol. The van der Waals surface area contributed by atoms with E-state index in [0.29, 0.717) is 23.2 Å². The number of anilines is 1. The first-order valence-corrected chi connectivity index (χ1v) is 8.40. The molecule has 0 unspecified atom stereocenters. The third-order valence-electron chi connectivity index (χ3n) is 3.91. The van der Waals surface area contributed by atoms with Crippen LogP contribution in [0.1, 0.15) is 21.5 Å². The van der Waals surface area contributed by atoms with Crippen LogP contribution in [-0.4, -0.2) is 26.0 Å². The van der Waals surface area contributed by atoms with Crippen LogP contribution in [0.3, 0.4) is 0 Å². The average Bonchev–Trinajstić information content (AvgIpc) is 2.93. The molecule has 0 bridgehead atoms. The summed E-state index contributed by atoms with van der Waals surface area (Å²) in [6.45, 7) is 1.76. The summed E-state index contributed by atoms with van der Waals surface area (Å²) in [5, 5.41) is 9.00. The van der Waals surface area contributed by atoms with Gasteiger partial charge in [-0.15, -0.1) is 0 Å². The van der Waals surface area contributed by atoms with Gasteiger partial charge in [0, 0.05) is 6.54 Å². The molecule has 0 atom stereocenters. The van der Waals surface area contributed by atoms with Crippen LogP contribution < -0.4 is 4.31 Å². The molecule has 0 saturated heterocycles. The van der Waals surface area contributed by atoms with Gasteiger partial charge in [-0.3, -0.25) is 4.31 Å². The van der Waals surface area contributed by atoms with Crippen molar-refractivity contribution in [1.29, 1.82) is 0 Å². The standard InChI is InChI=1S/C16H14FNO4S/c1-10-2-4-13(9-14(10)17)23(21,22)18-7-6-11-8-12(16(19)20)3-5-15(11)18/h2-5,8-9H,6-7H2,1H3,(H,19,20). The summed E-state index contributed by atoms with van der Waals surface area (Å²) in [7, 11) is -3.88. The molecule has 0 amide bonds. The van der Waals surface area contributed by atoms with Crippen molar-refractivity contribution in [3.63, 3.8) is 0 Å². The summed E-state index contributed by atoms with van der Waals surface area (Å²) >= 11 is 0. The van der Waals surface area contributed by atoms with Gasteiger partial charge < -0.3 is 5.11 Å². The Hall–Kier alpha value is -2.41. The number of rotatable bonds is 3. The molecule has 0 fully saturated rings. The maximum atomic E-state index is 13.7. The van der Waals surface area contributed by atoms with Crippen LogP contribution in [0.5, 0.6) is 0 Å². The van der Waals surface area contributed by atoms with Crippen molar-refractivity contribution in [3.05, 3.63) is 58.9 Å². The molecule has 3 rings (SSSR count). The van der Waals surface area contributed by atoms with Gasteiger partial charge in [0.15, 0.2) is 0 Å². The van der Waals surface area contributed by atoms with Crippen molar-refractivity contribution >= 4 is 21.7 Å². The number of carboxylic acid groups (broad SMARTS) is 1. The van der Waals surface area contributed by atoms with Crippen LogP contribution in [0, 0.1) is 12.7 Å². The molecule has 23 heavy (non-hydrogen) atoms. The lowest BCUT2D eigenvalue weighted by molar-refractivity contribution is 0.0697. The Morgan fingerprint density at radius 1 is 1.22 bits per heavy atom. The normalized spacial score (nSPS) is 13.9. The molecule has 0 radical (unpaired) electrons. The third kappa shape index (κ3) is 2.57. The molecule has 120 valence electrons. The molecule has 1 N–H and O–H groups in total. The number of sulfonamides is 1. The molecular formula is C16H14FNO4S. The second-order valence-electron chi connectivity index (χ2n) is 5.39. The van der Waals surface area contributed by atoms with E-state index in [1.54, 1.807) is 6.92 Å². The highest BCUT2D eigenvalue weighted by Crippen LogP contribution is 2.33. The van der Waals surface area contributed by atoms with Crippen LogP contribution in [0.2, 0.25) is 0 Å². The van der Waals surface area contributed by atoms with Crippen LogP contribution in [0.4, 0.5) is 10.1 Å². The Morgan fingerprint density at radius 2 is 1.96 bits per heavy atom. The van der Waals surface area contributed by atoms with Crippen molar-refractivity contribution in [3.8, 4) is 0 Å². The van der Waals surface area contributed by atoms with E-state index in [2.05, 4.69) is 0 Å². The first-order valence-electron chi connectivity index (χ1n) is 6.96. The fourth-order valence-electron chi connectivity index (χ4n) is 2.62. The number of fused-ring (bicyclic) bond motifs is 1. The van der Waals surface area contributed by atoms with Gasteiger partial charge in [0.05, 0.1) is 16.1 Å². The van der Waals surface area contributed by atoms with Crippen molar-refractivity contribution in [2.24, 2.45) is 0 Å². The number of nitrogens with zero attached hydrogens (tertiary/aromatic N) is 1. The van der Waals surface area contributed by atoms with Crippen LogP contribution in [0.15, 0.2) is 41.3 Å². The van der Waals surface area contributed by atoms with E-state index in [1.807, 2.05) is 0 Å². The van der Waals surface area contributed by atoms with Gasteiger partial charge >= 0.3 is 5.97 Å². The first-order chi connectivity index (χ1) is 10.8. The van der Waals surface area contributed by atoms with E-state index in [0.717, 1.165) is 6.07 Å². The predicted octanol–water partition coefficient (Wildman–Crippen LogP) is 2.58. The lowest BCUT2D eigenvalue weighted by atomic mass is 10.1. The number of hydrogen-bond acceptors (Lipinski definition) is 3. The molecule has 2 aromatic rings. The molecule has 0 saturated carbocycles. The Kier molecular flexibility index (Phi) is 3.60. The van der Waals surface area contributed by atoms with Crippen LogP contribution >= 0.6 is 0 Å². The summed E-state index contributed by atoms with van der Waals surface area (Å²) in [4.78, 5) is 10.9. The van der Waals surface area contributed by atoms with Gasteiger partial charge in [-0.1, -0.05) is 6.07 Å². The molecule has 1 aliphatic rings. The number of hydrogen-bond donors (Lipinski definition) is 1. The Bertz CT molecular complexity index is 908. The van der Waals surface area contributed by atoms with Gasteiger partial charge in [-0.05, 0) is 54.8 Å². The van der Waals surface area contributed by atoms with Crippen molar-refractivity contribution in [2.45, 2.75) is 18.2 Å². The molecule has 0 spiro atoms. The highest BCUT2D eigenvalue weighted by atomic mass is 32.2. The molecule has 5 nitrogen and oxygen atoms in total. The topological polar surface area (TPSA) is 74.7 Å². The zero-order chi connectivity index (χ0) is 16.8. The number of halogens is 1. The number of aryl methyl sites for hydroxylation is 1. The highest BCUT2D eigenvalue weighted by Gasteiger charge is 2.31. The van der Waals surface area contributed by atoms with E-state index in [-0.39, 0.29) is 17.0 Å². The quantitative estimate of drug-likeness (QED) is 0.935. The Labute approximate surface area is 133 Å². The number of carbonyl (C=O) groups is 1. The fraction of sp³-hybridized carbons (Fsp3) is 0.188. The minimum Gasteiger partial charge on any atom is -0.478 e. The van der Waals surface area contributed by atoms with Crippen LogP contribution in [0.25, 0.3) is 0 Å². The lowest BCUT2D eigenvalue weighted by Gasteiger charge is -2.20. The first kappa shape index (κ1) is 15.5.